The van der Waals surface area contributed by atoms with Crippen molar-refractivity contribution in [2.75, 3.05) is 19.7 Å². The first kappa shape index (κ1) is 15.1. The van der Waals surface area contributed by atoms with E-state index in [1.807, 2.05) is 23.7 Å². The minimum Gasteiger partial charge on any atom is -0.486 e. The molecule has 2 atom stereocenters. The van der Waals surface area contributed by atoms with Crippen molar-refractivity contribution in [3.05, 3.63) is 41.1 Å². The van der Waals surface area contributed by atoms with Crippen molar-refractivity contribution in [2.24, 2.45) is 0 Å². The van der Waals surface area contributed by atoms with Crippen molar-refractivity contribution in [1.29, 1.82) is 0 Å². The Hall–Kier alpha value is -1.50. The Morgan fingerprint density at radius 2 is 2.43 bits per heavy atom. The van der Waals surface area contributed by atoms with E-state index in [9.17, 15) is 0 Å². The quantitative estimate of drug-likeness (QED) is 0.862. The molecule has 2 aromatic rings. The molecule has 23 heavy (non-hydrogen) atoms. The summed E-state index contributed by atoms with van der Waals surface area (Å²) in [5, 5.41) is 3.22. The van der Waals surface area contributed by atoms with Gasteiger partial charge in [0.1, 0.15) is 16.9 Å². The van der Waals surface area contributed by atoms with Crippen molar-refractivity contribution in [3.63, 3.8) is 0 Å². The van der Waals surface area contributed by atoms with Crippen LogP contribution in [0.2, 0.25) is 0 Å². The van der Waals surface area contributed by atoms with Crippen LogP contribution < -0.4 is 4.74 Å². The van der Waals surface area contributed by atoms with E-state index in [1.54, 1.807) is 23.7 Å². The zero-order chi connectivity index (χ0) is 15.5. The monoisotopic (exact) mass is 331 g/mol. The summed E-state index contributed by atoms with van der Waals surface area (Å²) in [6, 6.07) is 3.85. The molecule has 6 heteroatoms. The normalized spacial score (nSPS) is 28.3. The first-order chi connectivity index (χ1) is 11.3. The molecule has 0 amide bonds. The molecule has 0 aliphatic carbocycles. The number of aromatic nitrogens is 2. The maximum absolute atomic E-state index is 6.21. The van der Waals surface area contributed by atoms with E-state index < -0.39 is 0 Å². The standard InChI is InChI=1S/C17H21N3O2S/c1-3-14(10-18-5-1)22-15-9-17(21-12-15)4-2-7-20(13-17)11-16-19-6-8-23-16/h1,3,5-6,8,10,15H,2,4,7,9,11-13H2/t15-,17-/m0/s1. The fraction of sp³-hybridized carbons (Fsp3) is 0.529. The number of likely N-dealkylation sites (tertiary alicyclic amines) is 1. The average molecular weight is 331 g/mol. The highest BCUT2D eigenvalue weighted by Crippen LogP contribution is 2.36. The highest BCUT2D eigenvalue weighted by Gasteiger charge is 2.44. The van der Waals surface area contributed by atoms with Crippen LogP contribution in [0, 0.1) is 0 Å². The lowest BCUT2D eigenvalue weighted by molar-refractivity contribution is -0.0538. The van der Waals surface area contributed by atoms with Gasteiger partial charge in [-0.05, 0) is 31.5 Å². The van der Waals surface area contributed by atoms with E-state index in [0.29, 0.717) is 6.61 Å². The molecular weight excluding hydrogens is 310 g/mol. The summed E-state index contributed by atoms with van der Waals surface area (Å²) in [6.45, 7) is 3.69. The van der Waals surface area contributed by atoms with Crippen LogP contribution in [0.4, 0.5) is 0 Å². The van der Waals surface area contributed by atoms with Gasteiger partial charge in [0.05, 0.1) is 24.9 Å². The van der Waals surface area contributed by atoms with Crippen LogP contribution in [0.3, 0.4) is 0 Å². The molecule has 2 saturated heterocycles. The summed E-state index contributed by atoms with van der Waals surface area (Å²) in [6.07, 6.45) is 8.77. The van der Waals surface area contributed by atoms with Gasteiger partial charge in [-0.1, -0.05) is 0 Å². The second-order valence-electron chi connectivity index (χ2n) is 6.37. The van der Waals surface area contributed by atoms with E-state index in [4.69, 9.17) is 9.47 Å². The largest absolute Gasteiger partial charge is 0.486 e. The van der Waals surface area contributed by atoms with Gasteiger partial charge in [-0.25, -0.2) is 4.98 Å². The predicted molar refractivity (Wildman–Crippen MR) is 88.6 cm³/mol. The Morgan fingerprint density at radius 3 is 3.26 bits per heavy atom. The number of hydrogen-bond acceptors (Lipinski definition) is 6. The van der Waals surface area contributed by atoms with Crippen LogP contribution in [0.1, 0.15) is 24.3 Å². The number of nitrogens with zero attached hydrogens (tertiary/aromatic N) is 3. The Kier molecular flexibility index (Phi) is 4.29. The van der Waals surface area contributed by atoms with E-state index in [1.165, 1.54) is 11.4 Å². The Labute approximate surface area is 140 Å². The lowest BCUT2D eigenvalue weighted by Crippen LogP contribution is -2.47. The van der Waals surface area contributed by atoms with Gasteiger partial charge in [0.2, 0.25) is 0 Å². The summed E-state index contributed by atoms with van der Waals surface area (Å²) in [7, 11) is 0. The van der Waals surface area contributed by atoms with Gasteiger partial charge in [-0.3, -0.25) is 9.88 Å². The summed E-state index contributed by atoms with van der Waals surface area (Å²) in [4.78, 5) is 11.0. The van der Waals surface area contributed by atoms with Crippen molar-refractivity contribution in [2.45, 2.75) is 37.5 Å². The molecule has 0 aromatic carbocycles. The first-order valence-electron chi connectivity index (χ1n) is 8.13. The smallest absolute Gasteiger partial charge is 0.138 e. The maximum atomic E-state index is 6.21. The number of piperidine rings is 1. The molecule has 2 aromatic heterocycles. The molecule has 0 radical (unpaired) electrons. The molecule has 0 saturated carbocycles. The fourth-order valence-corrected chi connectivity index (χ4v) is 4.28. The lowest BCUT2D eigenvalue weighted by atomic mass is 9.89. The van der Waals surface area contributed by atoms with Crippen molar-refractivity contribution < 1.29 is 9.47 Å². The summed E-state index contributed by atoms with van der Waals surface area (Å²) in [5.74, 6) is 0.827. The molecule has 2 fully saturated rings. The second kappa shape index (κ2) is 6.55. The number of ether oxygens (including phenoxy) is 2. The van der Waals surface area contributed by atoms with Crippen LogP contribution in [-0.2, 0) is 11.3 Å². The van der Waals surface area contributed by atoms with Gasteiger partial charge < -0.3 is 9.47 Å². The molecular formula is C17H21N3O2S. The maximum Gasteiger partial charge on any atom is 0.138 e. The van der Waals surface area contributed by atoms with Crippen LogP contribution in [-0.4, -0.2) is 46.3 Å². The summed E-state index contributed by atoms with van der Waals surface area (Å²) >= 11 is 1.72. The molecule has 4 heterocycles. The summed E-state index contributed by atoms with van der Waals surface area (Å²) < 4.78 is 12.2. The minimum absolute atomic E-state index is 0.0532. The van der Waals surface area contributed by atoms with Gasteiger partial charge >= 0.3 is 0 Å². The highest BCUT2D eigenvalue weighted by molar-refractivity contribution is 7.09. The second-order valence-corrected chi connectivity index (χ2v) is 7.35. The third-order valence-electron chi connectivity index (χ3n) is 4.57. The average Bonchev–Trinajstić information content (AvgIpc) is 3.19. The third kappa shape index (κ3) is 3.54. The molecule has 2 aliphatic rings. The third-order valence-corrected chi connectivity index (χ3v) is 5.34. The van der Waals surface area contributed by atoms with E-state index in [0.717, 1.165) is 38.2 Å². The van der Waals surface area contributed by atoms with E-state index in [-0.39, 0.29) is 11.7 Å². The first-order valence-corrected chi connectivity index (χ1v) is 9.01. The Bertz CT molecular complexity index is 622. The Balaban J connectivity index is 1.37. The molecule has 122 valence electrons. The van der Waals surface area contributed by atoms with E-state index in [2.05, 4.69) is 14.9 Å². The van der Waals surface area contributed by atoms with Crippen LogP contribution in [0.15, 0.2) is 36.1 Å². The van der Waals surface area contributed by atoms with E-state index >= 15 is 0 Å². The topological polar surface area (TPSA) is 47.5 Å². The SMILES string of the molecule is c1cncc(O[C@@H]2CO[C@@]3(CCCN(Cc4nccs4)C3)C2)c1. The fourth-order valence-electron chi connectivity index (χ4n) is 3.62. The Morgan fingerprint density at radius 1 is 1.43 bits per heavy atom. The van der Waals surface area contributed by atoms with Crippen LogP contribution in [0.5, 0.6) is 5.75 Å². The number of pyridine rings is 1. The molecule has 2 aliphatic heterocycles. The van der Waals surface area contributed by atoms with Gasteiger partial charge in [0, 0.05) is 30.7 Å². The molecule has 0 N–H and O–H groups in total. The zero-order valence-electron chi connectivity index (χ0n) is 13.1. The predicted octanol–water partition coefficient (Wildman–Crippen LogP) is 2.74. The van der Waals surface area contributed by atoms with Crippen molar-refractivity contribution >= 4 is 11.3 Å². The molecule has 4 rings (SSSR count). The van der Waals surface area contributed by atoms with Gasteiger partial charge in [0.25, 0.3) is 0 Å². The highest BCUT2D eigenvalue weighted by atomic mass is 32.1. The minimum atomic E-state index is -0.0532. The lowest BCUT2D eigenvalue weighted by Gasteiger charge is -2.39. The van der Waals surface area contributed by atoms with Gasteiger partial charge in [-0.15, -0.1) is 11.3 Å². The number of thiazole rings is 1. The molecule has 1 spiro atoms. The molecule has 0 bridgehead atoms. The van der Waals surface area contributed by atoms with Crippen molar-refractivity contribution in [3.8, 4) is 5.75 Å². The summed E-state index contributed by atoms with van der Waals surface area (Å²) in [5.41, 5.74) is -0.0532. The number of rotatable bonds is 4. The van der Waals surface area contributed by atoms with Crippen molar-refractivity contribution in [1.82, 2.24) is 14.9 Å². The zero-order valence-corrected chi connectivity index (χ0v) is 13.9. The van der Waals surface area contributed by atoms with Crippen LogP contribution in [0.25, 0.3) is 0 Å². The van der Waals surface area contributed by atoms with Crippen LogP contribution >= 0.6 is 11.3 Å². The van der Waals surface area contributed by atoms with Gasteiger partial charge in [0.15, 0.2) is 0 Å². The number of hydrogen-bond donors (Lipinski definition) is 0. The molecule has 5 nitrogen and oxygen atoms in total. The molecule has 0 unspecified atom stereocenters. The van der Waals surface area contributed by atoms with Gasteiger partial charge in [-0.2, -0.15) is 0 Å².